The monoisotopic (exact) mass is 366 g/mol. The first kappa shape index (κ1) is 18.6. The predicted molar refractivity (Wildman–Crippen MR) is 100 cm³/mol. The highest BCUT2D eigenvalue weighted by Crippen LogP contribution is 2.27. The number of nitrogens with zero attached hydrogens (tertiary/aromatic N) is 1. The van der Waals surface area contributed by atoms with Crippen LogP contribution in [0, 0.1) is 0 Å². The second-order valence-corrected chi connectivity index (χ2v) is 7.00. The van der Waals surface area contributed by atoms with E-state index >= 15 is 0 Å². The van der Waals surface area contributed by atoms with Crippen LogP contribution < -0.4 is 14.8 Å². The van der Waals surface area contributed by atoms with Crippen molar-refractivity contribution in [1.82, 2.24) is 4.98 Å². The minimum atomic E-state index is 0.0227. The molecule has 0 unspecified atom stereocenters. The summed E-state index contributed by atoms with van der Waals surface area (Å²) in [6.07, 6.45) is 1.37. The van der Waals surface area contributed by atoms with E-state index in [2.05, 4.69) is 10.3 Å². The van der Waals surface area contributed by atoms with Gasteiger partial charge in [0.2, 0.25) is 5.91 Å². The number of anilines is 1. The number of carbonyl (C=O) groups excluding carboxylic acids is 1. The molecule has 0 spiro atoms. The van der Waals surface area contributed by atoms with E-state index in [1.165, 1.54) is 11.3 Å². The lowest BCUT2D eigenvalue weighted by molar-refractivity contribution is -0.116. The number of thioether (sulfide) groups is 1. The van der Waals surface area contributed by atoms with E-state index in [0.717, 1.165) is 40.7 Å². The Morgan fingerprint density at radius 1 is 1.21 bits per heavy atom. The summed E-state index contributed by atoms with van der Waals surface area (Å²) in [5, 5.41) is 5.49. The van der Waals surface area contributed by atoms with Crippen molar-refractivity contribution in [3.05, 3.63) is 34.8 Å². The van der Waals surface area contributed by atoms with Crippen LogP contribution in [0.1, 0.15) is 31.0 Å². The van der Waals surface area contributed by atoms with Gasteiger partial charge in [-0.1, -0.05) is 6.92 Å². The van der Waals surface area contributed by atoms with E-state index in [1.807, 2.05) is 30.5 Å². The normalized spacial score (nSPS) is 10.5. The van der Waals surface area contributed by atoms with E-state index in [9.17, 15) is 4.79 Å². The molecule has 0 bridgehead atoms. The van der Waals surface area contributed by atoms with Crippen molar-refractivity contribution in [3.8, 4) is 11.5 Å². The minimum absolute atomic E-state index is 0.0227. The summed E-state index contributed by atoms with van der Waals surface area (Å²) in [5.74, 6) is 3.23. The van der Waals surface area contributed by atoms with Crippen LogP contribution in [0.2, 0.25) is 0 Å². The number of ether oxygens (including phenoxy) is 2. The molecular formula is C17H22N2O3S2. The molecule has 1 N–H and O–H groups in total. The molecule has 0 atom stereocenters. The number of aromatic nitrogens is 1. The van der Waals surface area contributed by atoms with Crippen LogP contribution >= 0.6 is 23.1 Å². The number of rotatable bonds is 9. The highest BCUT2D eigenvalue weighted by atomic mass is 32.2. The predicted octanol–water partition coefficient (Wildman–Crippen LogP) is 4.33. The molecule has 0 fully saturated rings. The molecule has 130 valence electrons. The van der Waals surface area contributed by atoms with Crippen molar-refractivity contribution in [2.45, 2.75) is 31.3 Å². The Bertz CT molecular complexity index is 651. The molecule has 1 aromatic heterocycles. The molecule has 1 heterocycles. The zero-order chi connectivity index (χ0) is 17.4. The molecule has 7 heteroatoms. The topological polar surface area (TPSA) is 60.5 Å². The summed E-state index contributed by atoms with van der Waals surface area (Å²) >= 11 is 3.23. The molecule has 5 nitrogen and oxygen atoms in total. The fourth-order valence-corrected chi connectivity index (χ4v) is 3.76. The fourth-order valence-electron chi connectivity index (χ4n) is 2.06. The molecule has 1 aromatic carbocycles. The van der Waals surface area contributed by atoms with Crippen molar-refractivity contribution in [2.75, 3.05) is 19.5 Å². The van der Waals surface area contributed by atoms with Gasteiger partial charge in [0.05, 0.1) is 19.9 Å². The zero-order valence-corrected chi connectivity index (χ0v) is 15.8. The van der Waals surface area contributed by atoms with Crippen LogP contribution in [-0.4, -0.2) is 25.1 Å². The van der Waals surface area contributed by atoms with Gasteiger partial charge in [-0.05, 0) is 24.1 Å². The number of hydrogen-bond acceptors (Lipinski definition) is 6. The average molecular weight is 367 g/mol. The molecule has 0 aliphatic heterocycles. The average Bonchev–Trinajstić information content (AvgIpc) is 3.01. The Morgan fingerprint density at radius 2 is 1.92 bits per heavy atom. The molecule has 0 radical (unpaired) electrons. The summed E-state index contributed by atoms with van der Waals surface area (Å²) in [6, 6.07) is 5.87. The minimum Gasteiger partial charge on any atom is -0.497 e. The maximum absolute atomic E-state index is 11.6. The third-order valence-corrected chi connectivity index (χ3v) is 5.05. The van der Waals surface area contributed by atoms with E-state index in [1.54, 1.807) is 26.0 Å². The van der Waals surface area contributed by atoms with E-state index in [0.29, 0.717) is 11.6 Å². The Kier molecular flexibility index (Phi) is 7.39. The van der Waals surface area contributed by atoms with Crippen LogP contribution in [0.15, 0.2) is 23.6 Å². The zero-order valence-electron chi connectivity index (χ0n) is 14.1. The van der Waals surface area contributed by atoms with Gasteiger partial charge in [0.15, 0.2) is 5.13 Å². The molecule has 1 amide bonds. The first-order valence-corrected chi connectivity index (χ1v) is 9.72. The Hall–Kier alpha value is -1.73. The van der Waals surface area contributed by atoms with E-state index < -0.39 is 0 Å². The first-order valence-electron chi connectivity index (χ1n) is 7.68. The Labute approximate surface area is 150 Å². The molecule has 2 aromatic rings. The second kappa shape index (κ2) is 9.54. The van der Waals surface area contributed by atoms with Gasteiger partial charge in [-0.2, -0.15) is 11.8 Å². The number of nitrogens with one attached hydrogen (secondary N) is 1. The lowest BCUT2D eigenvalue weighted by atomic mass is 10.2. The smallest absolute Gasteiger partial charge is 0.226 e. The maximum Gasteiger partial charge on any atom is 0.226 e. The van der Waals surface area contributed by atoms with Crippen molar-refractivity contribution in [1.29, 1.82) is 0 Å². The summed E-state index contributed by atoms with van der Waals surface area (Å²) in [4.78, 5) is 16.0. The van der Waals surface area contributed by atoms with Gasteiger partial charge in [-0.15, -0.1) is 11.3 Å². The standard InChI is InChI=1S/C17H22N2O3S2/c1-4-5-16(20)19-17-18-13(11-24-17)10-23-9-12-6-14(21-2)8-15(7-12)22-3/h6-8,11H,4-5,9-10H2,1-3H3,(H,18,19,20). The van der Waals surface area contributed by atoms with Crippen LogP contribution in [0.5, 0.6) is 11.5 Å². The molecule has 24 heavy (non-hydrogen) atoms. The van der Waals surface area contributed by atoms with Crippen molar-refractivity contribution < 1.29 is 14.3 Å². The van der Waals surface area contributed by atoms with Gasteiger partial charge in [0.1, 0.15) is 11.5 Å². The van der Waals surface area contributed by atoms with Crippen LogP contribution in [0.25, 0.3) is 0 Å². The lowest BCUT2D eigenvalue weighted by Crippen LogP contribution is -2.10. The maximum atomic E-state index is 11.6. The number of methoxy groups -OCH3 is 2. The summed E-state index contributed by atoms with van der Waals surface area (Å²) in [7, 11) is 3.30. The number of benzene rings is 1. The number of carbonyl (C=O) groups is 1. The summed E-state index contributed by atoms with van der Waals surface area (Å²) < 4.78 is 10.6. The van der Waals surface area contributed by atoms with Crippen LogP contribution in [0.4, 0.5) is 5.13 Å². The number of hydrogen-bond donors (Lipinski definition) is 1. The van der Waals surface area contributed by atoms with Gasteiger partial charge >= 0.3 is 0 Å². The number of amides is 1. The van der Waals surface area contributed by atoms with E-state index in [4.69, 9.17) is 9.47 Å². The van der Waals surface area contributed by atoms with Gasteiger partial charge in [-0.3, -0.25) is 4.79 Å². The van der Waals surface area contributed by atoms with Crippen molar-refractivity contribution >= 4 is 34.1 Å². The molecule has 0 saturated carbocycles. The van der Waals surface area contributed by atoms with Crippen LogP contribution in [0.3, 0.4) is 0 Å². The Morgan fingerprint density at radius 3 is 2.54 bits per heavy atom. The van der Waals surface area contributed by atoms with Gasteiger partial charge in [0.25, 0.3) is 0 Å². The second-order valence-electron chi connectivity index (χ2n) is 5.16. The summed E-state index contributed by atoms with van der Waals surface area (Å²) in [5.41, 5.74) is 2.12. The molecule has 0 saturated heterocycles. The first-order chi connectivity index (χ1) is 11.6. The quantitative estimate of drug-likeness (QED) is 0.716. The molecule has 0 aliphatic carbocycles. The lowest BCUT2D eigenvalue weighted by Gasteiger charge is -2.08. The van der Waals surface area contributed by atoms with Crippen molar-refractivity contribution in [3.63, 3.8) is 0 Å². The third-order valence-electron chi connectivity index (χ3n) is 3.21. The largest absolute Gasteiger partial charge is 0.497 e. The van der Waals surface area contributed by atoms with Gasteiger partial charge in [-0.25, -0.2) is 4.98 Å². The van der Waals surface area contributed by atoms with Gasteiger partial charge < -0.3 is 14.8 Å². The number of thiazole rings is 1. The molecular weight excluding hydrogens is 344 g/mol. The molecule has 2 rings (SSSR count). The van der Waals surface area contributed by atoms with Crippen LogP contribution in [-0.2, 0) is 16.3 Å². The fraction of sp³-hybridized carbons (Fsp3) is 0.412. The highest BCUT2D eigenvalue weighted by molar-refractivity contribution is 7.97. The van der Waals surface area contributed by atoms with Crippen molar-refractivity contribution in [2.24, 2.45) is 0 Å². The third kappa shape index (κ3) is 5.72. The highest BCUT2D eigenvalue weighted by Gasteiger charge is 2.07. The summed E-state index contributed by atoms with van der Waals surface area (Å²) in [6.45, 7) is 1.98. The van der Waals surface area contributed by atoms with E-state index in [-0.39, 0.29) is 5.91 Å². The molecule has 0 aliphatic rings. The SMILES string of the molecule is CCCC(=O)Nc1nc(CSCc2cc(OC)cc(OC)c2)cs1. The Balaban J connectivity index is 1.86. The van der Waals surface area contributed by atoms with Gasteiger partial charge in [0, 0.05) is 29.4 Å².